The molecule has 0 aliphatic heterocycles. The van der Waals surface area contributed by atoms with Crippen LogP contribution in [0.5, 0.6) is 0 Å². The Bertz CT molecular complexity index is 621. The van der Waals surface area contributed by atoms with Crippen LogP contribution in [0.1, 0.15) is 56.8 Å². The van der Waals surface area contributed by atoms with Crippen LogP contribution in [0.15, 0.2) is 29.2 Å². The molecule has 0 fully saturated rings. The fourth-order valence-corrected chi connectivity index (χ4v) is 3.50. The number of rotatable bonds is 10. The Morgan fingerprint density at radius 2 is 1.80 bits per heavy atom. The molecule has 25 heavy (non-hydrogen) atoms. The van der Waals surface area contributed by atoms with Crippen LogP contribution in [-0.4, -0.2) is 33.0 Å². The van der Waals surface area contributed by atoms with Gasteiger partial charge in [-0.15, -0.1) is 12.4 Å². The largest absolute Gasteiger partial charge is 0.348 e. The molecule has 2 unspecified atom stereocenters. The van der Waals surface area contributed by atoms with Gasteiger partial charge in [0.1, 0.15) is 0 Å². The van der Waals surface area contributed by atoms with Crippen molar-refractivity contribution < 1.29 is 13.2 Å². The highest BCUT2D eigenvalue weighted by Crippen LogP contribution is 2.12. The van der Waals surface area contributed by atoms with Gasteiger partial charge >= 0.3 is 0 Å². The number of benzene rings is 1. The summed E-state index contributed by atoms with van der Waals surface area (Å²) in [5, 5.41) is 2.89. The van der Waals surface area contributed by atoms with E-state index in [1.54, 1.807) is 0 Å². The second-order valence-corrected chi connectivity index (χ2v) is 7.72. The molecule has 0 saturated carbocycles. The third-order valence-corrected chi connectivity index (χ3v) is 5.53. The Balaban J connectivity index is 0.00000576. The molecule has 6 nitrogen and oxygen atoms in total. The van der Waals surface area contributed by atoms with Gasteiger partial charge in [-0.2, -0.15) is 0 Å². The van der Waals surface area contributed by atoms with Gasteiger partial charge in [0.25, 0.3) is 5.91 Å². The number of carbonyl (C=O) groups is 1. The van der Waals surface area contributed by atoms with Crippen LogP contribution in [0, 0.1) is 0 Å². The van der Waals surface area contributed by atoms with Gasteiger partial charge in [-0.1, -0.05) is 26.7 Å². The van der Waals surface area contributed by atoms with Gasteiger partial charge in [0, 0.05) is 24.2 Å². The summed E-state index contributed by atoms with van der Waals surface area (Å²) in [5.41, 5.74) is 6.10. The van der Waals surface area contributed by atoms with Crippen molar-refractivity contribution in [2.75, 3.05) is 6.54 Å². The maximum Gasteiger partial charge on any atom is 0.251 e. The number of halogens is 1. The number of hydrogen-bond donors (Lipinski definition) is 3. The number of sulfonamides is 1. The molecule has 0 bridgehead atoms. The molecule has 1 amide bonds. The predicted octanol–water partition coefficient (Wildman–Crippen LogP) is 2.43. The lowest BCUT2D eigenvalue weighted by Gasteiger charge is -2.16. The van der Waals surface area contributed by atoms with Crippen LogP contribution in [0.25, 0.3) is 0 Å². The average molecular weight is 392 g/mol. The summed E-state index contributed by atoms with van der Waals surface area (Å²) in [4.78, 5) is 12.4. The minimum absolute atomic E-state index is 0. The third-order valence-electron chi connectivity index (χ3n) is 3.92. The van der Waals surface area contributed by atoms with Crippen molar-refractivity contribution in [3.8, 4) is 0 Å². The molecular weight excluding hydrogens is 362 g/mol. The zero-order valence-corrected chi connectivity index (χ0v) is 16.8. The minimum atomic E-state index is -3.56. The first-order valence-electron chi connectivity index (χ1n) is 8.47. The predicted molar refractivity (Wildman–Crippen MR) is 104 cm³/mol. The van der Waals surface area contributed by atoms with E-state index in [9.17, 15) is 13.2 Å². The van der Waals surface area contributed by atoms with Gasteiger partial charge in [-0.3, -0.25) is 4.79 Å². The summed E-state index contributed by atoms with van der Waals surface area (Å²) in [6.07, 6.45) is 3.59. The summed E-state index contributed by atoms with van der Waals surface area (Å²) in [7, 11) is -3.56. The maximum atomic E-state index is 12.2. The van der Waals surface area contributed by atoms with Crippen molar-refractivity contribution in [3.63, 3.8) is 0 Å². The van der Waals surface area contributed by atoms with E-state index in [0.29, 0.717) is 18.5 Å². The Hall–Kier alpha value is -1.15. The van der Waals surface area contributed by atoms with Crippen molar-refractivity contribution in [1.82, 2.24) is 10.0 Å². The fourth-order valence-electron chi connectivity index (χ4n) is 2.17. The van der Waals surface area contributed by atoms with Crippen LogP contribution in [0.3, 0.4) is 0 Å². The van der Waals surface area contributed by atoms with E-state index >= 15 is 0 Å². The molecule has 0 aliphatic carbocycles. The summed E-state index contributed by atoms with van der Waals surface area (Å²) >= 11 is 0. The maximum absolute atomic E-state index is 12.2. The average Bonchev–Trinajstić information content (AvgIpc) is 2.57. The molecule has 2 atom stereocenters. The van der Waals surface area contributed by atoms with E-state index in [0.717, 1.165) is 19.3 Å². The lowest BCUT2D eigenvalue weighted by molar-refractivity contribution is 0.0935. The molecule has 0 aliphatic rings. The van der Waals surface area contributed by atoms with Crippen LogP contribution in [0.2, 0.25) is 0 Å². The Morgan fingerprint density at radius 1 is 1.20 bits per heavy atom. The molecule has 0 spiro atoms. The summed E-state index contributed by atoms with van der Waals surface area (Å²) in [6, 6.07) is 5.74. The van der Waals surface area contributed by atoms with E-state index in [2.05, 4.69) is 17.0 Å². The lowest BCUT2D eigenvalue weighted by atomic mass is 10.1. The molecule has 0 aromatic heterocycles. The SMILES string of the molecule is CCCCC(CN)NC(=O)c1ccc(S(=O)(=O)NC(C)CC)cc1.Cl. The second kappa shape index (κ2) is 11.5. The monoisotopic (exact) mass is 391 g/mol. The molecule has 0 heterocycles. The van der Waals surface area contributed by atoms with Crippen LogP contribution < -0.4 is 15.8 Å². The van der Waals surface area contributed by atoms with Gasteiger partial charge in [0.2, 0.25) is 10.0 Å². The summed E-state index contributed by atoms with van der Waals surface area (Å²) in [6.45, 7) is 6.19. The number of hydrogen-bond acceptors (Lipinski definition) is 4. The van der Waals surface area contributed by atoms with Crippen molar-refractivity contribution in [2.24, 2.45) is 5.73 Å². The number of unbranched alkanes of at least 4 members (excludes halogenated alkanes) is 1. The number of nitrogens with two attached hydrogens (primary N) is 1. The summed E-state index contributed by atoms with van der Waals surface area (Å²) in [5.74, 6) is -0.236. The van der Waals surface area contributed by atoms with Crippen molar-refractivity contribution >= 4 is 28.3 Å². The van der Waals surface area contributed by atoms with Gasteiger partial charge in [-0.05, 0) is 44.0 Å². The Kier molecular flexibility index (Phi) is 10.9. The molecule has 8 heteroatoms. The molecule has 0 radical (unpaired) electrons. The first kappa shape index (κ1) is 23.9. The Morgan fingerprint density at radius 3 is 2.28 bits per heavy atom. The molecular formula is C17H30ClN3O3S. The zero-order valence-electron chi connectivity index (χ0n) is 15.1. The molecule has 1 rings (SSSR count). The molecule has 1 aromatic rings. The second-order valence-electron chi connectivity index (χ2n) is 6.00. The minimum Gasteiger partial charge on any atom is -0.348 e. The van der Waals surface area contributed by atoms with Crippen molar-refractivity contribution in [2.45, 2.75) is 63.4 Å². The molecule has 144 valence electrons. The number of amides is 1. The smallest absolute Gasteiger partial charge is 0.251 e. The third kappa shape index (κ3) is 7.73. The number of carbonyl (C=O) groups excluding carboxylic acids is 1. The highest BCUT2D eigenvalue weighted by atomic mass is 35.5. The van der Waals surface area contributed by atoms with Crippen molar-refractivity contribution in [1.29, 1.82) is 0 Å². The Labute approximate surface area is 157 Å². The molecule has 1 aromatic carbocycles. The van der Waals surface area contributed by atoms with Gasteiger partial charge in [0.05, 0.1) is 4.90 Å². The topological polar surface area (TPSA) is 101 Å². The van der Waals surface area contributed by atoms with E-state index in [-0.39, 0.29) is 35.3 Å². The number of nitrogens with one attached hydrogen (secondary N) is 2. The quantitative estimate of drug-likeness (QED) is 0.570. The van der Waals surface area contributed by atoms with Gasteiger partial charge < -0.3 is 11.1 Å². The standard InChI is InChI=1S/C17H29N3O3S.ClH/c1-4-6-7-15(12-18)19-17(21)14-8-10-16(11-9-14)24(22,23)20-13(3)5-2;/h8-11,13,15,20H,4-7,12,18H2,1-3H3,(H,19,21);1H. The van der Waals surface area contributed by atoms with E-state index in [4.69, 9.17) is 5.73 Å². The first-order chi connectivity index (χ1) is 11.3. The normalized spacial score (nSPS) is 13.6. The highest BCUT2D eigenvalue weighted by molar-refractivity contribution is 7.89. The van der Waals surface area contributed by atoms with Crippen LogP contribution in [-0.2, 0) is 10.0 Å². The zero-order chi connectivity index (χ0) is 18.2. The first-order valence-corrected chi connectivity index (χ1v) is 9.95. The fraction of sp³-hybridized carbons (Fsp3) is 0.588. The van der Waals surface area contributed by atoms with Crippen molar-refractivity contribution in [3.05, 3.63) is 29.8 Å². The van der Waals surface area contributed by atoms with Gasteiger partial charge in [-0.25, -0.2) is 13.1 Å². The molecule has 0 saturated heterocycles. The molecule has 4 N–H and O–H groups in total. The van der Waals surface area contributed by atoms with Crippen LogP contribution >= 0.6 is 12.4 Å². The van der Waals surface area contributed by atoms with E-state index in [1.807, 2.05) is 13.8 Å². The van der Waals surface area contributed by atoms with E-state index in [1.165, 1.54) is 24.3 Å². The summed E-state index contributed by atoms with van der Waals surface area (Å²) < 4.78 is 27.0. The van der Waals surface area contributed by atoms with Crippen LogP contribution in [0.4, 0.5) is 0 Å². The van der Waals surface area contributed by atoms with E-state index < -0.39 is 10.0 Å². The highest BCUT2D eigenvalue weighted by Gasteiger charge is 2.18. The van der Waals surface area contributed by atoms with Gasteiger partial charge in [0.15, 0.2) is 0 Å². The lowest BCUT2D eigenvalue weighted by Crippen LogP contribution is -2.40.